The molecule has 3 N–H and O–H groups in total. The zero-order valence-corrected chi connectivity index (χ0v) is 15.3. The van der Waals surface area contributed by atoms with Crippen LogP contribution in [0.15, 0.2) is 67.1 Å². The molecule has 0 aliphatic carbocycles. The van der Waals surface area contributed by atoms with Gasteiger partial charge in [-0.15, -0.1) is 0 Å². The first-order valence-corrected chi connectivity index (χ1v) is 8.77. The monoisotopic (exact) mass is 366 g/mol. The van der Waals surface area contributed by atoms with Gasteiger partial charge in [0.15, 0.2) is 0 Å². The van der Waals surface area contributed by atoms with Crippen molar-refractivity contribution in [2.75, 3.05) is 0 Å². The standard InChI is InChI=1S/C22H18N6/c1-14-3-2-4-20(27-14)22(24)17(12-23)18-5-6-19-21(28-18)11-16(13-26-19)15-7-9-25-10-8-15/h2-13,23H,24H2,1H3. The molecule has 0 saturated heterocycles. The van der Waals surface area contributed by atoms with Crippen molar-refractivity contribution in [2.24, 2.45) is 5.73 Å². The van der Waals surface area contributed by atoms with E-state index in [0.717, 1.165) is 27.9 Å². The van der Waals surface area contributed by atoms with Crippen molar-refractivity contribution >= 4 is 28.5 Å². The molecule has 28 heavy (non-hydrogen) atoms. The third-order valence-corrected chi connectivity index (χ3v) is 4.43. The number of nitrogens with zero attached hydrogens (tertiary/aromatic N) is 4. The number of hydrogen-bond donors (Lipinski definition) is 2. The maximum absolute atomic E-state index is 7.86. The van der Waals surface area contributed by atoms with E-state index >= 15 is 0 Å². The second kappa shape index (κ2) is 7.36. The number of aryl methyl sites for hydroxylation is 1. The molecule has 4 aromatic rings. The molecule has 4 aromatic heterocycles. The van der Waals surface area contributed by atoms with E-state index in [-0.39, 0.29) is 0 Å². The van der Waals surface area contributed by atoms with E-state index in [4.69, 9.17) is 16.1 Å². The van der Waals surface area contributed by atoms with Crippen LogP contribution in [0.4, 0.5) is 0 Å². The highest BCUT2D eigenvalue weighted by atomic mass is 14.8. The Morgan fingerprint density at radius 1 is 0.929 bits per heavy atom. The lowest BCUT2D eigenvalue weighted by molar-refractivity contribution is 1.16. The number of allylic oxidation sites excluding steroid dienone is 1. The third kappa shape index (κ3) is 3.35. The van der Waals surface area contributed by atoms with Gasteiger partial charge < -0.3 is 11.1 Å². The fraction of sp³-hybridized carbons (Fsp3) is 0.0455. The number of hydrogen-bond acceptors (Lipinski definition) is 6. The lowest BCUT2D eigenvalue weighted by atomic mass is 10.1. The largest absolute Gasteiger partial charge is 0.396 e. The van der Waals surface area contributed by atoms with Crippen molar-refractivity contribution in [3.63, 3.8) is 0 Å². The van der Waals surface area contributed by atoms with Crippen molar-refractivity contribution in [1.82, 2.24) is 19.9 Å². The predicted octanol–water partition coefficient (Wildman–Crippen LogP) is 3.87. The molecule has 4 heterocycles. The van der Waals surface area contributed by atoms with Crippen LogP contribution in [0.1, 0.15) is 17.1 Å². The molecule has 4 rings (SSSR count). The van der Waals surface area contributed by atoms with Crippen molar-refractivity contribution in [2.45, 2.75) is 6.92 Å². The molecule has 0 fully saturated rings. The maximum atomic E-state index is 7.86. The van der Waals surface area contributed by atoms with Crippen molar-refractivity contribution in [3.05, 3.63) is 84.2 Å². The van der Waals surface area contributed by atoms with E-state index in [1.807, 2.05) is 61.7 Å². The van der Waals surface area contributed by atoms with Gasteiger partial charge in [0.1, 0.15) is 0 Å². The van der Waals surface area contributed by atoms with Crippen LogP contribution in [0.25, 0.3) is 33.4 Å². The molecule has 6 heteroatoms. The van der Waals surface area contributed by atoms with Crippen LogP contribution in [0.5, 0.6) is 0 Å². The van der Waals surface area contributed by atoms with Crippen LogP contribution in [0, 0.1) is 12.3 Å². The SMILES string of the molecule is Cc1cccc(C(N)=C(C=N)c2ccc3ncc(-c4ccncc4)cc3n2)n1. The Kier molecular flexibility index (Phi) is 4.60. The first kappa shape index (κ1) is 17.5. The highest BCUT2D eigenvalue weighted by Crippen LogP contribution is 2.24. The van der Waals surface area contributed by atoms with Crippen LogP contribution < -0.4 is 5.73 Å². The summed E-state index contributed by atoms with van der Waals surface area (Å²) < 4.78 is 0. The summed E-state index contributed by atoms with van der Waals surface area (Å²) in [5, 5.41) is 7.86. The Morgan fingerprint density at radius 2 is 1.75 bits per heavy atom. The third-order valence-electron chi connectivity index (χ3n) is 4.43. The van der Waals surface area contributed by atoms with Gasteiger partial charge in [-0.25, -0.2) is 4.98 Å². The minimum Gasteiger partial charge on any atom is -0.396 e. The Balaban J connectivity index is 1.83. The number of fused-ring (bicyclic) bond motifs is 1. The van der Waals surface area contributed by atoms with Crippen molar-refractivity contribution < 1.29 is 0 Å². The second-order valence-corrected chi connectivity index (χ2v) is 6.33. The molecule has 0 saturated carbocycles. The summed E-state index contributed by atoms with van der Waals surface area (Å²) in [5.41, 5.74) is 12.8. The highest BCUT2D eigenvalue weighted by Gasteiger charge is 2.11. The zero-order chi connectivity index (χ0) is 19.5. The summed E-state index contributed by atoms with van der Waals surface area (Å²) in [7, 11) is 0. The first-order valence-electron chi connectivity index (χ1n) is 8.77. The Hall–Kier alpha value is -3.93. The van der Waals surface area contributed by atoms with Gasteiger partial charge in [-0.2, -0.15) is 0 Å². The van der Waals surface area contributed by atoms with E-state index in [1.54, 1.807) is 12.4 Å². The molecule has 0 atom stereocenters. The lowest BCUT2D eigenvalue weighted by Crippen LogP contribution is -2.06. The topological polar surface area (TPSA) is 101 Å². The summed E-state index contributed by atoms with van der Waals surface area (Å²) >= 11 is 0. The number of nitrogens with two attached hydrogens (primary N) is 1. The molecule has 136 valence electrons. The molecule has 0 aliphatic rings. The summed E-state index contributed by atoms with van der Waals surface area (Å²) in [4.78, 5) is 17.7. The van der Waals surface area contributed by atoms with Crippen molar-refractivity contribution in [3.8, 4) is 11.1 Å². The molecule has 0 amide bonds. The van der Waals surface area contributed by atoms with Gasteiger partial charge in [-0.1, -0.05) is 6.07 Å². The van der Waals surface area contributed by atoms with E-state index in [0.29, 0.717) is 22.7 Å². The molecular formula is C22H18N6. The van der Waals surface area contributed by atoms with E-state index in [9.17, 15) is 0 Å². The smallest absolute Gasteiger partial charge is 0.0900 e. The second-order valence-electron chi connectivity index (χ2n) is 6.33. The van der Waals surface area contributed by atoms with Gasteiger partial charge in [-0.05, 0) is 55.0 Å². The Bertz CT molecular complexity index is 1200. The quantitative estimate of drug-likeness (QED) is 0.534. The summed E-state index contributed by atoms with van der Waals surface area (Å²) in [6.07, 6.45) is 6.52. The average molecular weight is 366 g/mol. The maximum Gasteiger partial charge on any atom is 0.0900 e. The molecule has 0 radical (unpaired) electrons. The minimum atomic E-state index is 0.420. The molecular weight excluding hydrogens is 348 g/mol. The average Bonchev–Trinajstić information content (AvgIpc) is 2.74. The first-order chi connectivity index (χ1) is 13.7. The zero-order valence-electron chi connectivity index (χ0n) is 15.3. The minimum absolute atomic E-state index is 0.420. The van der Waals surface area contributed by atoms with Crippen LogP contribution in [0.3, 0.4) is 0 Å². The van der Waals surface area contributed by atoms with Gasteiger partial charge in [0, 0.05) is 41.6 Å². The molecule has 0 unspecified atom stereocenters. The van der Waals surface area contributed by atoms with Crippen molar-refractivity contribution in [1.29, 1.82) is 5.41 Å². The fourth-order valence-corrected chi connectivity index (χ4v) is 2.98. The fourth-order valence-electron chi connectivity index (χ4n) is 2.98. The van der Waals surface area contributed by atoms with Gasteiger partial charge in [0.2, 0.25) is 0 Å². The highest BCUT2D eigenvalue weighted by molar-refractivity contribution is 6.17. The Labute approximate surface area is 162 Å². The van der Waals surface area contributed by atoms with Crippen LogP contribution in [-0.4, -0.2) is 26.2 Å². The van der Waals surface area contributed by atoms with Gasteiger partial charge >= 0.3 is 0 Å². The number of nitrogens with one attached hydrogen (secondary N) is 1. The van der Waals surface area contributed by atoms with Crippen LogP contribution in [-0.2, 0) is 0 Å². The lowest BCUT2D eigenvalue weighted by Gasteiger charge is -2.09. The molecule has 0 aliphatic heterocycles. The van der Waals surface area contributed by atoms with Gasteiger partial charge in [0.25, 0.3) is 0 Å². The van der Waals surface area contributed by atoms with Crippen LogP contribution in [0.2, 0.25) is 0 Å². The molecule has 6 nitrogen and oxygen atoms in total. The van der Waals surface area contributed by atoms with Gasteiger partial charge in [-0.3, -0.25) is 15.0 Å². The van der Waals surface area contributed by atoms with E-state index in [1.165, 1.54) is 6.21 Å². The van der Waals surface area contributed by atoms with Gasteiger partial charge in [0.05, 0.1) is 28.1 Å². The Morgan fingerprint density at radius 3 is 2.50 bits per heavy atom. The predicted molar refractivity (Wildman–Crippen MR) is 112 cm³/mol. The van der Waals surface area contributed by atoms with E-state index < -0.39 is 0 Å². The number of rotatable bonds is 4. The molecule has 0 aromatic carbocycles. The summed E-state index contributed by atoms with van der Waals surface area (Å²) in [5.74, 6) is 0. The number of aromatic nitrogens is 4. The van der Waals surface area contributed by atoms with Crippen LogP contribution >= 0.6 is 0 Å². The normalized spacial score (nSPS) is 11.9. The summed E-state index contributed by atoms with van der Waals surface area (Å²) in [6.45, 7) is 1.90. The molecule has 0 spiro atoms. The van der Waals surface area contributed by atoms with E-state index in [2.05, 4.69) is 15.0 Å². The number of pyridine rings is 4. The summed E-state index contributed by atoms with van der Waals surface area (Å²) in [6, 6.07) is 15.2. The molecule has 0 bridgehead atoms.